The first-order valence-corrected chi connectivity index (χ1v) is 8.88. The van der Waals surface area contributed by atoms with E-state index < -0.39 is 0 Å². The molecular weight excluding hydrogens is 338 g/mol. The van der Waals surface area contributed by atoms with Crippen molar-refractivity contribution in [2.75, 3.05) is 44.9 Å². The molecule has 0 saturated carbocycles. The molecule has 0 aliphatic carbocycles. The summed E-state index contributed by atoms with van der Waals surface area (Å²) < 4.78 is 5.30. The summed E-state index contributed by atoms with van der Waals surface area (Å²) in [6, 6.07) is 19.8. The summed E-state index contributed by atoms with van der Waals surface area (Å²) in [5, 5.41) is 6.65. The molecule has 3 aromatic rings. The van der Waals surface area contributed by atoms with Gasteiger partial charge in [-0.25, -0.2) is 4.98 Å². The van der Waals surface area contributed by atoms with E-state index >= 15 is 0 Å². The predicted molar refractivity (Wildman–Crippen MR) is 111 cm³/mol. The van der Waals surface area contributed by atoms with Crippen molar-refractivity contribution in [2.24, 2.45) is 0 Å². The minimum Gasteiger partial charge on any atom is -0.497 e. The van der Waals surface area contributed by atoms with Gasteiger partial charge in [0.1, 0.15) is 11.6 Å². The number of likely N-dealkylation sites (N-methyl/N-ethyl adjacent to an activating group) is 1. The number of ether oxygens (including phenoxy) is 1. The Bertz CT molecular complexity index is 867. The van der Waals surface area contributed by atoms with Crippen LogP contribution < -0.4 is 15.4 Å². The van der Waals surface area contributed by atoms with E-state index in [4.69, 9.17) is 4.74 Å². The lowest BCUT2D eigenvalue weighted by Gasteiger charge is -2.13. The van der Waals surface area contributed by atoms with E-state index in [1.165, 1.54) is 0 Å². The molecule has 1 heterocycles. The van der Waals surface area contributed by atoms with E-state index in [0.29, 0.717) is 5.95 Å². The molecule has 0 atom stereocenters. The van der Waals surface area contributed by atoms with E-state index in [9.17, 15) is 0 Å². The average Bonchev–Trinajstić information content (AvgIpc) is 2.68. The van der Waals surface area contributed by atoms with Gasteiger partial charge in [-0.15, -0.1) is 0 Å². The molecule has 0 aliphatic rings. The first-order chi connectivity index (χ1) is 13.1. The lowest BCUT2D eigenvalue weighted by atomic mass is 10.1. The maximum absolute atomic E-state index is 5.30. The van der Waals surface area contributed by atoms with Gasteiger partial charge in [-0.05, 0) is 26.2 Å². The van der Waals surface area contributed by atoms with Crippen LogP contribution in [0, 0.1) is 0 Å². The lowest BCUT2D eigenvalue weighted by Crippen LogP contribution is -2.21. The van der Waals surface area contributed by atoms with Crippen LogP contribution in [0.2, 0.25) is 0 Å². The molecule has 0 saturated heterocycles. The molecule has 2 aromatic carbocycles. The maximum atomic E-state index is 5.30. The largest absolute Gasteiger partial charge is 0.497 e. The van der Waals surface area contributed by atoms with Gasteiger partial charge in [0.15, 0.2) is 0 Å². The van der Waals surface area contributed by atoms with Crippen molar-refractivity contribution < 1.29 is 4.74 Å². The second-order valence-electron chi connectivity index (χ2n) is 6.42. The number of hydrogen-bond donors (Lipinski definition) is 2. The van der Waals surface area contributed by atoms with Crippen molar-refractivity contribution in [1.29, 1.82) is 0 Å². The number of anilines is 3. The number of hydrogen-bond acceptors (Lipinski definition) is 6. The third kappa shape index (κ3) is 5.43. The van der Waals surface area contributed by atoms with E-state index in [-0.39, 0.29) is 0 Å². The van der Waals surface area contributed by atoms with Crippen molar-refractivity contribution in [3.8, 4) is 17.0 Å². The molecule has 0 unspecified atom stereocenters. The van der Waals surface area contributed by atoms with Gasteiger partial charge in [0.05, 0.1) is 12.8 Å². The third-order valence-electron chi connectivity index (χ3n) is 3.98. The normalized spacial score (nSPS) is 10.7. The SMILES string of the molecule is COc1cccc(Nc2cc(-c3ccccc3)nc(NCCN(C)C)n2)c1. The number of benzene rings is 2. The second kappa shape index (κ2) is 9.00. The molecule has 140 valence electrons. The number of methoxy groups -OCH3 is 1. The van der Waals surface area contributed by atoms with Crippen molar-refractivity contribution in [2.45, 2.75) is 0 Å². The second-order valence-corrected chi connectivity index (χ2v) is 6.42. The van der Waals surface area contributed by atoms with Crippen molar-refractivity contribution >= 4 is 17.5 Å². The molecule has 3 rings (SSSR count). The summed E-state index contributed by atoms with van der Waals surface area (Å²) in [5.41, 5.74) is 2.82. The quantitative estimate of drug-likeness (QED) is 0.633. The third-order valence-corrected chi connectivity index (χ3v) is 3.98. The summed E-state index contributed by atoms with van der Waals surface area (Å²) in [7, 11) is 5.74. The van der Waals surface area contributed by atoms with Crippen LogP contribution in [0.5, 0.6) is 5.75 Å². The van der Waals surface area contributed by atoms with Crippen LogP contribution >= 0.6 is 0 Å². The van der Waals surface area contributed by atoms with Crippen LogP contribution in [0.4, 0.5) is 17.5 Å². The molecule has 0 bridgehead atoms. The maximum Gasteiger partial charge on any atom is 0.225 e. The first-order valence-electron chi connectivity index (χ1n) is 8.88. The molecule has 6 heteroatoms. The van der Waals surface area contributed by atoms with E-state index in [1.54, 1.807) is 7.11 Å². The highest BCUT2D eigenvalue weighted by Gasteiger charge is 2.08. The lowest BCUT2D eigenvalue weighted by molar-refractivity contribution is 0.415. The zero-order chi connectivity index (χ0) is 19.1. The zero-order valence-corrected chi connectivity index (χ0v) is 15.9. The number of aromatic nitrogens is 2. The highest BCUT2D eigenvalue weighted by Crippen LogP contribution is 2.25. The Hall–Kier alpha value is -3.12. The van der Waals surface area contributed by atoms with Crippen LogP contribution in [0.15, 0.2) is 60.7 Å². The van der Waals surface area contributed by atoms with Gasteiger partial charge in [0.2, 0.25) is 5.95 Å². The van der Waals surface area contributed by atoms with Gasteiger partial charge in [0, 0.05) is 36.5 Å². The van der Waals surface area contributed by atoms with Gasteiger partial charge in [-0.1, -0.05) is 36.4 Å². The van der Waals surface area contributed by atoms with Crippen LogP contribution in [0.3, 0.4) is 0 Å². The summed E-state index contributed by atoms with van der Waals surface area (Å²) in [6.45, 7) is 1.67. The standard InChI is InChI=1S/C21H25N5O/c1-26(2)13-12-22-21-24-19(16-8-5-4-6-9-16)15-20(25-21)23-17-10-7-11-18(14-17)27-3/h4-11,14-15H,12-13H2,1-3H3,(H2,22,23,24,25). The molecule has 1 aromatic heterocycles. The topological polar surface area (TPSA) is 62.3 Å². The van der Waals surface area contributed by atoms with Crippen LogP contribution in [0.25, 0.3) is 11.3 Å². The monoisotopic (exact) mass is 363 g/mol. The Morgan fingerprint density at radius 2 is 1.78 bits per heavy atom. The highest BCUT2D eigenvalue weighted by atomic mass is 16.5. The molecule has 6 nitrogen and oxygen atoms in total. The first kappa shape index (κ1) is 18.7. The number of rotatable bonds is 8. The fourth-order valence-electron chi connectivity index (χ4n) is 2.59. The molecular formula is C21H25N5O. The number of nitrogens with one attached hydrogen (secondary N) is 2. The smallest absolute Gasteiger partial charge is 0.225 e. The Balaban J connectivity index is 1.88. The minimum atomic E-state index is 0.601. The zero-order valence-electron chi connectivity index (χ0n) is 15.9. The van der Waals surface area contributed by atoms with Gasteiger partial charge in [-0.2, -0.15) is 4.98 Å². The molecule has 0 fully saturated rings. The average molecular weight is 363 g/mol. The minimum absolute atomic E-state index is 0.601. The Labute approximate surface area is 160 Å². The van der Waals surface area contributed by atoms with E-state index in [2.05, 4.69) is 25.5 Å². The van der Waals surface area contributed by atoms with Gasteiger partial charge in [-0.3, -0.25) is 0 Å². The van der Waals surface area contributed by atoms with Gasteiger partial charge < -0.3 is 20.3 Å². The molecule has 0 radical (unpaired) electrons. The summed E-state index contributed by atoms with van der Waals surface area (Å²) >= 11 is 0. The van der Waals surface area contributed by atoms with Crippen LogP contribution in [-0.2, 0) is 0 Å². The van der Waals surface area contributed by atoms with Crippen molar-refractivity contribution in [3.63, 3.8) is 0 Å². The van der Waals surface area contributed by atoms with E-state index in [1.807, 2.05) is 74.8 Å². The summed E-state index contributed by atoms with van der Waals surface area (Å²) in [5.74, 6) is 2.12. The van der Waals surface area contributed by atoms with E-state index in [0.717, 1.165) is 41.6 Å². The fraction of sp³-hybridized carbons (Fsp3) is 0.238. The predicted octanol–water partition coefficient (Wildman–Crippen LogP) is 3.87. The highest BCUT2D eigenvalue weighted by molar-refractivity contribution is 5.67. The number of nitrogens with zero attached hydrogens (tertiary/aromatic N) is 3. The molecule has 0 spiro atoms. The summed E-state index contributed by atoms with van der Waals surface area (Å²) in [4.78, 5) is 11.4. The molecule has 0 amide bonds. The van der Waals surface area contributed by atoms with Gasteiger partial charge in [0.25, 0.3) is 0 Å². The van der Waals surface area contributed by atoms with Crippen molar-refractivity contribution in [3.05, 3.63) is 60.7 Å². The summed E-state index contributed by atoms with van der Waals surface area (Å²) in [6.07, 6.45) is 0. The Morgan fingerprint density at radius 3 is 2.52 bits per heavy atom. The Morgan fingerprint density at radius 1 is 0.963 bits per heavy atom. The van der Waals surface area contributed by atoms with Crippen LogP contribution in [-0.4, -0.2) is 49.2 Å². The Kier molecular flexibility index (Phi) is 6.22. The molecule has 0 aliphatic heterocycles. The van der Waals surface area contributed by atoms with Crippen molar-refractivity contribution in [1.82, 2.24) is 14.9 Å². The molecule has 2 N–H and O–H groups in total. The van der Waals surface area contributed by atoms with Crippen LogP contribution in [0.1, 0.15) is 0 Å². The molecule has 27 heavy (non-hydrogen) atoms. The fourth-order valence-corrected chi connectivity index (χ4v) is 2.59. The van der Waals surface area contributed by atoms with Gasteiger partial charge >= 0.3 is 0 Å².